The molecule has 3 heterocycles. The smallest absolute Gasteiger partial charge is 0.267 e. The number of nitrogens with one attached hydrogen (secondary N) is 2. The first kappa shape index (κ1) is 17.9. The first-order valence-electron chi connectivity index (χ1n) is 9.36. The van der Waals surface area contributed by atoms with Crippen molar-refractivity contribution >= 4 is 34.7 Å². The first-order chi connectivity index (χ1) is 13.1. The molecule has 0 unspecified atom stereocenters. The lowest BCUT2D eigenvalue weighted by atomic mass is 10.1. The van der Waals surface area contributed by atoms with Crippen molar-refractivity contribution in [1.29, 1.82) is 0 Å². The van der Waals surface area contributed by atoms with E-state index in [0.717, 1.165) is 23.1 Å². The molecule has 4 rings (SSSR count). The Morgan fingerprint density at radius 1 is 1.33 bits per heavy atom. The zero-order chi connectivity index (χ0) is 18.8. The van der Waals surface area contributed by atoms with E-state index in [2.05, 4.69) is 20.6 Å². The topological polar surface area (TPSA) is 87.2 Å². The molecule has 0 atom stereocenters. The predicted molar refractivity (Wildman–Crippen MR) is 105 cm³/mol. The number of aromatic nitrogens is 2. The lowest BCUT2D eigenvalue weighted by Gasteiger charge is -2.27. The molecular weight excluding hydrogens is 362 g/mol. The summed E-state index contributed by atoms with van der Waals surface area (Å²) in [5.74, 6) is 1.11. The van der Waals surface area contributed by atoms with Crippen LogP contribution < -0.4 is 15.5 Å². The molecule has 0 spiro atoms. The van der Waals surface area contributed by atoms with Crippen LogP contribution >= 0.6 is 11.3 Å². The summed E-state index contributed by atoms with van der Waals surface area (Å²) in [7, 11) is 0. The van der Waals surface area contributed by atoms with Gasteiger partial charge in [0.2, 0.25) is 5.91 Å². The molecule has 2 aromatic rings. The van der Waals surface area contributed by atoms with Gasteiger partial charge in [0, 0.05) is 19.0 Å². The summed E-state index contributed by atoms with van der Waals surface area (Å²) in [4.78, 5) is 35.8. The summed E-state index contributed by atoms with van der Waals surface area (Å²) in [6.45, 7) is 3.55. The maximum atomic E-state index is 12.7. The van der Waals surface area contributed by atoms with Gasteiger partial charge < -0.3 is 15.5 Å². The Hall–Kier alpha value is -2.48. The maximum absolute atomic E-state index is 12.7. The maximum Gasteiger partial charge on any atom is 0.267 e. The number of aryl methyl sites for hydroxylation is 1. The van der Waals surface area contributed by atoms with Crippen molar-refractivity contribution in [2.45, 2.75) is 38.5 Å². The third kappa shape index (κ3) is 3.95. The van der Waals surface area contributed by atoms with E-state index in [4.69, 9.17) is 0 Å². The molecule has 0 aromatic carbocycles. The number of hydrogen-bond acceptors (Lipinski definition) is 6. The molecule has 1 aliphatic heterocycles. The van der Waals surface area contributed by atoms with E-state index in [9.17, 15) is 9.59 Å². The Balaban J connectivity index is 1.43. The van der Waals surface area contributed by atoms with Crippen molar-refractivity contribution in [3.63, 3.8) is 0 Å². The van der Waals surface area contributed by atoms with E-state index < -0.39 is 0 Å². The highest BCUT2D eigenvalue weighted by molar-refractivity contribution is 7.14. The second kappa shape index (κ2) is 7.64. The highest BCUT2D eigenvalue weighted by Crippen LogP contribution is 2.37. The van der Waals surface area contributed by atoms with Gasteiger partial charge in [-0.05, 0) is 31.9 Å². The Kier molecular flexibility index (Phi) is 5.07. The molecule has 2 amide bonds. The predicted octanol–water partition coefficient (Wildman–Crippen LogP) is 2.69. The van der Waals surface area contributed by atoms with Crippen LogP contribution in [0.4, 0.5) is 11.5 Å². The van der Waals surface area contributed by atoms with Gasteiger partial charge in [0.25, 0.3) is 5.91 Å². The van der Waals surface area contributed by atoms with Gasteiger partial charge in [-0.15, -0.1) is 11.3 Å². The number of thiazole rings is 1. The van der Waals surface area contributed by atoms with E-state index in [1.807, 2.05) is 24.0 Å². The molecule has 1 saturated heterocycles. The standard InChI is InChI=1S/C19H23N5O2S/c1-12-17(27-19(22-12)13-4-2-3-5-13)18(26)23-14-6-7-15(21-10-14)24-9-8-20-16(25)11-24/h6-7,10,13H,2-5,8-9,11H2,1H3,(H,20,25)(H,23,26). The molecule has 2 aromatic heterocycles. The zero-order valence-corrected chi connectivity index (χ0v) is 16.1. The van der Waals surface area contributed by atoms with Gasteiger partial charge in [0.15, 0.2) is 0 Å². The number of hydrogen-bond donors (Lipinski definition) is 2. The number of rotatable bonds is 4. The Morgan fingerprint density at radius 2 is 2.15 bits per heavy atom. The van der Waals surface area contributed by atoms with Gasteiger partial charge in [-0.1, -0.05) is 12.8 Å². The van der Waals surface area contributed by atoms with Crippen LogP contribution in [0.5, 0.6) is 0 Å². The fourth-order valence-corrected chi connectivity index (χ4v) is 4.78. The summed E-state index contributed by atoms with van der Waals surface area (Å²) >= 11 is 1.51. The van der Waals surface area contributed by atoms with Crippen molar-refractivity contribution in [2.24, 2.45) is 0 Å². The van der Waals surface area contributed by atoms with Crippen LogP contribution in [-0.2, 0) is 4.79 Å². The Morgan fingerprint density at radius 3 is 2.85 bits per heavy atom. The minimum absolute atomic E-state index is 0.000771. The van der Waals surface area contributed by atoms with E-state index in [1.165, 1.54) is 37.0 Å². The van der Waals surface area contributed by atoms with Crippen molar-refractivity contribution in [2.75, 3.05) is 29.9 Å². The van der Waals surface area contributed by atoms with Crippen LogP contribution in [0.1, 0.15) is 52.0 Å². The number of carbonyl (C=O) groups excluding carboxylic acids is 2. The van der Waals surface area contributed by atoms with Crippen LogP contribution in [0.25, 0.3) is 0 Å². The lowest BCUT2D eigenvalue weighted by Crippen LogP contribution is -2.48. The summed E-state index contributed by atoms with van der Waals surface area (Å²) in [6, 6.07) is 3.65. The lowest BCUT2D eigenvalue weighted by molar-refractivity contribution is -0.120. The van der Waals surface area contributed by atoms with Gasteiger partial charge in [-0.25, -0.2) is 9.97 Å². The number of nitrogens with zero attached hydrogens (tertiary/aromatic N) is 3. The minimum Gasteiger partial charge on any atom is -0.353 e. The molecule has 8 heteroatoms. The minimum atomic E-state index is -0.138. The van der Waals surface area contributed by atoms with Crippen LogP contribution in [0.15, 0.2) is 18.3 Å². The van der Waals surface area contributed by atoms with Gasteiger partial charge in [-0.3, -0.25) is 9.59 Å². The molecule has 0 bridgehead atoms. The zero-order valence-electron chi connectivity index (χ0n) is 15.3. The van der Waals surface area contributed by atoms with E-state index in [-0.39, 0.29) is 11.8 Å². The van der Waals surface area contributed by atoms with Crippen LogP contribution in [-0.4, -0.2) is 41.4 Å². The highest BCUT2D eigenvalue weighted by Gasteiger charge is 2.24. The van der Waals surface area contributed by atoms with Gasteiger partial charge in [0.1, 0.15) is 10.7 Å². The van der Waals surface area contributed by atoms with E-state index >= 15 is 0 Å². The number of pyridine rings is 1. The summed E-state index contributed by atoms with van der Waals surface area (Å²) in [6.07, 6.45) is 6.48. The van der Waals surface area contributed by atoms with E-state index in [0.29, 0.717) is 29.6 Å². The Bertz CT molecular complexity index is 842. The number of piperazine rings is 1. The molecule has 2 aliphatic rings. The van der Waals surface area contributed by atoms with Crippen LogP contribution in [0.2, 0.25) is 0 Å². The Labute approximate surface area is 162 Å². The quantitative estimate of drug-likeness (QED) is 0.845. The fraction of sp³-hybridized carbons (Fsp3) is 0.474. The van der Waals surface area contributed by atoms with Gasteiger partial charge >= 0.3 is 0 Å². The van der Waals surface area contributed by atoms with Crippen LogP contribution in [0, 0.1) is 6.92 Å². The molecule has 0 radical (unpaired) electrons. The molecule has 7 nitrogen and oxygen atoms in total. The molecule has 142 valence electrons. The SMILES string of the molecule is Cc1nc(C2CCCC2)sc1C(=O)Nc1ccc(N2CCNC(=O)C2)nc1. The fourth-order valence-electron chi connectivity index (χ4n) is 3.64. The van der Waals surface area contributed by atoms with Crippen molar-refractivity contribution in [3.05, 3.63) is 33.9 Å². The van der Waals surface area contributed by atoms with Crippen molar-refractivity contribution in [3.8, 4) is 0 Å². The van der Waals surface area contributed by atoms with Gasteiger partial charge in [0.05, 0.1) is 29.1 Å². The first-order valence-corrected chi connectivity index (χ1v) is 10.2. The second-order valence-electron chi connectivity index (χ2n) is 7.08. The molecule has 27 heavy (non-hydrogen) atoms. The average molecular weight is 385 g/mol. The van der Waals surface area contributed by atoms with E-state index in [1.54, 1.807) is 6.20 Å². The summed E-state index contributed by atoms with van der Waals surface area (Å²) in [5, 5.41) is 6.80. The molecule has 1 saturated carbocycles. The van der Waals surface area contributed by atoms with Gasteiger partial charge in [-0.2, -0.15) is 0 Å². The molecule has 2 N–H and O–H groups in total. The number of anilines is 2. The van der Waals surface area contributed by atoms with Crippen molar-refractivity contribution < 1.29 is 9.59 Å². The second-order valence-corrected chi connectivity index (χ2v) is 8.11. The normalized spacial score (nSPS) is 17.8. The molecular formula is C19H23N5O2S. The molecule has 1 aliphatic carbocycles. The summed E-state index contributed by atoms with van der Waals surface area (Å²) < 4.78 is 0. The summed E-state index contributed by atoms with van der Waals surface area (Å²) in [5.41, 5.74) is 1.43. The third-order valence-corrected chi connectivity index (χ3v) is 6.41. The van der Waals surface area contributed by atoms with Crippen LogP contribution in [0.3, 0.4) is 0 Å². The van der Waals surface area contributed by atoms with Crippen molar-refractivity contribution in [1.82, 2.24) is 15.3 Å². The average Bonchev–Trinajstić information content (AvgIpc) is 3.32. The number of carbonyl (C=O) groups is 2. The number of amides is 2. The third-order valence-electron chi connectivity index (χ3n) is 5.09. The highest BCUT2D eigenvalue weighted by atomic mass is 32.1. The monoisotopic (exact) mass is 385 g/mol. The largest absolute Gasteiger partial charge is 0.353 e. The molecule has 2 fully saturated rings.